The molecule has 0 aliphatic rings. The highest BCUT2D eigenvalue weighted by molar-refractivity contribution is 7.12. The average Bonchev–Trinajstić information content (AvgIpc) is 3.56. The number of rotatable bonds is 9. The summed E-state index contributed by atoms with van der Waals surface area (Å²) in [5.74, 6) is 2.11. The number of nitrogens with one attached hydrogen (secondary N) is 3. The average molecular weight is 492 g/mol. The maximum Gasteiger partial charge on any atom is 0.231 e. The Bertz CT molecular complexity index is 1230. The van der Waals surface area contributed by atoms with Crippen molar-refractivity contribution in [2.45, 2.75) is 20.8 Å². The maximum atomic E-state index is 5.48. The fourth-order valence-electron chi connectivity index (χ4n) is 3.02. The first-order chi connectivity index (χ1) is 16.5. The zero-order valence-corrected chi connectivity index (χ0v) is 20.9. The number of thiophene rings is 2. The van der Waals surface area contributed by atoms with Gasteiger partial charge in [-0.1, -0.05) is 18.2 Å². The van der Waals surface area contributed by atoms with Crippen LogP contribution in [0.2, 0.25) is 0 Å². The lowest BCUT2D eigenvalue weighted by Crippen LogP contribution is -2.06. The first kappa shape index (κ1) is 23.4. The van der Waals surface area contributed by atoms with Crippen molar-refractivity contribution in [3.63, 3.8) is 0 Å². The van der Waals surface area contributed by atoms with Gasteiger partial charge in [-0.25, -0.2) is 0 Å². The molecule has 34 heavy (non-hydrogen) atoms. The lowest BCUT2D eigenvalue weighted by Gasteiger charge is -2.13. The summed E-state index contributed by atoms with van der Waals surface area (Å²) in [7, 11) is 1.63. The standard InChI is InChI=1S/C24H25N7OS2/c1-15-9-10-19(32-4)18(13-15)25-24-26-22(30-28-16(2)20-7-5-11-33-20)14-23(27-24)31-29-17(3)21-8-6-12-34-21/h5-14H,1-4H3,(H3,25,26,27,30,31). The lowest BCUT2D eigenvalue weighted by atomic mass is 10.2. The Morgan fingerprint density at radius 1 is 0.853 bits per heavy atom. The third kappa shape index (κ3) is 5.97. The molecule has 0 aliphatic carbocycles. The van der Waals surface area contributed by atoms with Crippen molar-refractivity contribution in [2.24, 2.45) is 10.2 Å². The Morgan fingerprint density at radius 3 is 1.94 bits per heavy atom. The van der Waals surface area contributed by atoms with Gasteiger partial charge in [0.05, 0.1) is 24.2 Å². The molecule has 0 atom stereocenters. The molecule has 0 saturated heterocycles. The molecule has 0 saturated carbocycles. The molecule has 3 N–H and O–H groups in total. The van der Waals surface area contributed by atoms with E-state index in [0.29, 0.717) is 23.3 Å². The van der Waals surface area contributed by atoms with Gasteiger partial charge in [0.25, 0.3) is 0 Å². The highest BCUT2D eigenvalue weighted by atomic mass is 32.1. The number of benzene rings is 1. The van der Waals surface area contributed by atoms with Crippen molar-refractivity contribution in [1.29, 1.82) is 0 Å². The summed E-state index contributed by atoms with van der Waals surface area (Å²) < 4.78 is 5.48. The number of aromatic nitrogens is 2. The monoisotopic (exact) mass is 491 g/mol. The molecule has 0 radical (unpaired) electrons. The molecular weight excluding hydrogens is 466 g/mol. The highest BCUT2D eigenvalue weighted by Crippen LogP contribution is 2.28. The van der Waals surface area contributed by atoms with Gasteiger partial charge < -0.3 is 10.1 Å². The molecule has 0 aliphatic heterocycles. The van der Waals surface area contributed by atoms with Crippen LogP contribution >= 0.6 is 22.7 Å². The molecule has 4 aromatic rings. The summed E-state index contributed by atoms with van der Waals surface area (Å²) in [5, 5.41) is 16.3. The highest BCUT2D eigenvalue weighted by Gasteiger charge is 2.10. The molecule has 174 valence electrons. The Labute approximate surface area is 206 Å². The molecular formula is C24H25N7OS2. The smallest absolute Gasteiger partial charge is 0.231 e. The van der Waals surface area contributed by atoms with Gasteiger partial charge in [-0.3, -0.25) is 10.9 Å². The molecule has 10 heteroatoms. The van der Waals surface area contributed by atoms with Crippen molar-refractivity contribution in [1.82, 2.24) is 9.97 Å². The van der Waals surface area contributed by atoms with Gasteiger partial charge in [-0.15, -0.1) is 22.7 Å². The zero-order chi connectivity index (χ0) is 23.9. The third-order valence-electron chi connectivity index (χ3n) is 4.76. The van der Waals surface area contributed by atoms with Crippen LogP contribution in [0.3, 0.4) is 0 Å². The quantitative estimate of drug-likeness (QED) is 0.187. The van der Waals surface area contributed by atoms with E-state index in [1.54, 1.807) is 35.8 Å². The Balaban J connectivity index is 1.63. The predicted molar refractivity (Wildman–Crippen MR) is 143 cm³/mol. The van der Waals surface area contributed by atoms with Gasteiger partial charge in [0.1, 0.15) is 5.75 Å². The van der Waals surface area contributed by atoms with E-state index in [0.717, 1.165) is 32.4 Å². The normalized spacial score (nSPS) is 11.9. The SMILES string of the molecule is COc1ccc(C)cc1Nc1nc(NN=C(C)c2cccs2)cc(NN=C(C)c2cccs2)n1. The van der Waals surface area contributed by atoms with E-state index in [1.165, 1.54) is 0 Å². The second-order valence-electron chi connectivity index (χ2n) is 7.36. The molecule has 3 aromatic heterocycles. The number of hydrogen-bond donors (Lipinski definition) is 3. The van der Waals surface area contributed by atoms with Crippen molar-refractivity contribution >= 4 is 57.4 Å². The molecule has 0 fully saturated rings. The van der Waals surface area contributed by atoms with E-state index in [2.05, 4.69) is 36.3 Å². The number of hydrogen-bond acceptors (Lipinski definition) is 10. The van der Waals surface area contributed by atoms with Crippen LogP contribution < -0.4 is 20.9 Å². The van der Waals surface area contributed by atoms with Gasteiger partial charge in [0.15, 0.2) is 11.6 Å². The second-order valence-corrected chi connectivity index (χ2v) is 9.26. The van der Waals surface area contributed by atoms with Gasteiger partial charge in [0, 0.05) is 15.8 Å². The number of nitrogens with zero attached hydrogens (tertiary/aromatic N) is 4. The summed E-state index contributed by atoms with van der Waals surface area (Å²) in [6.07, 6.45) is 0. The summed E-state index contributed by atoms with van der Waals surface area (Å²) in [6, 6.07) is 15.7. The van der Waals surface area contributed by atoms with Crippen LogP contribution in [0.1, 0.15) is 29.2 Å². The van der Waals surface area contributed by atoms with Gasteiger partial charge >= 0.3 is 0 Å². The van der Waals surface area contributed by atoms with Crippen molar-refractivity contribution < 1.29 is 4.74 Å². The third-order valence-corrected chi connectivity index (χ3v) is 6.72. The topological polar surface area (TPSA) is 95.8 Å². The van der Waals surface area contributed by atoms with Crippen LogP contribution in [0, 0.1) is 6.92 Å². The molecule has 0 unspecified atom stereocenters. The van der Waals surface area contributed by atoms with E-state index in [1.807, 2.05) is 74.0 Å². The first-order valence-electron chi connectivity index (χ1n) is 10.5. The summed E-state index contributed by atoms with van der Waals surface area (Å²) in [5.41, 5.74) is 9.66. The largest absolute Gasteiger partial charge is 0.495 e. The number of ether oxygens (including phenoxy) is 1. The number of aryl methyl sites for hydroxylation is 1. The minimum Gasteiger partial charge on any atom is -0.495 e. The van der Waals surface area contributed by atoms with Crippen LogP contribution in [0.15, 0.2) is 69.5 Å². The first-order valence-corrected chi connectivity index (χ1v) is 12.3. The van der Waals surface area contributed by atoms with Crippen molar-refractivity contribution in [3.8, 4) is 5.75 Å². The molecule has 0 bridgehead atoms. The Kier molecular flexibility index (Phi) is 7.51. The number of methoxy groups -OCH3 is 1. The van der Waals surface area contributed by atoms with Gasteiger partial charge in [-0.05, 0) is 61.4 Å². The molecule has 3 heterocycles. The van der Waals surface area contributed by atoms with Gasteiger partial charge in [-0.2, -0.15) is 20.2 Å². The fourth-order valence-corrected chi connectivity index (χ4v) is 4.37. The van der Waals surface area contributed by atoms with E-state index in [4.69, 9.17) is 4.74 Å². The van der Waals surface area contributed by atoms with Crippen LogP contribution in [0.4, 0.5) is 23.3 Å². The summed E-state index contributed by atoms with van der Waals surface area (Å²) in [6.45, 7) is 5.91. The lowest BCUT2D eigenvalue weighted by molar-refractivity contribution is 0.416. The van der Waals surface area contributed by atoms with Gasteiger partial charge in [0.2, 0.25) is 5.95 Å². The predicted octanol–water partition coefficient (Wildman–Crippen LogP) is 6.33. The summed E-state index contributed by atoms with van der Waals surface area (Å²) in [4.78, 5) is 11.3. The van der Waals surface area contributed by atoms with E-state index in [9.17, 15) is 0 Å². The van der Waals surface area contributed by atoms with Crippen molar-refractivity contribution in [3.05, 3.63) is 74.6 Å². The Hall–Kier alpha value is -3.76. The maximum absolute atomic E-state index is 5.48. The Morgan fingerprint density at radius 2 is 1.44 bits per heavy atom. The van der Waals surface area contributed by atoms with Crippen molar-refractivity contribution in [2.75, 3.05) is 23.3 Å². The van der Waals surface area contributed by atoms with Crippen LogP contribution in [0.5, 0.6) is 5.75 Å². The van der Waals surface area contributed by atoms with Crippen LogP contribution in [-0.4, -0.2) is 28.5 Å². The molecule has 1 aromatic carbocycles. The van der Waals surface area contributed by atoms with E-state index in [-0.39, 0.29) is 0 Å². The fraction of sp³-hybridized carbons (Fsp3) is 0.167. The minimum absolute atomic E-state index is 0.379. The van der Waals surface area contributed by atoms with Crippen LogP contribution in [-0.2, 0) is 0 Å². The van der Waals surface area contributed by atoms with E-state index >= 15 is 0 Å². The number of anilines is 4. The molecule has 0 spiro atoms. The molecule has 8 nitrogen and oxygen atoms in total. The second kappa shape index (κ2) is 10.9. The zero-order valence-electron chi connectivity index (χ0n) is 19.3. The van der Waals surface area contributed by atoms with Crippen LogP contribution in [0.25, 0.3) is 0 Å². The number of hydrazone groups is 2. The molecule has 0 amide bonds. The molecule has 4 rings (SSSR count). The van der Waals surface area contributed by atoms with E-state index < -0.39 is 0 Å². The summed E-state index contributed by atoms with van der Waals surface area (Å²) >= 11 is 3.26. The minimum atomic E-state index is 0.379.